The summed E-state index contributed by atoms with van der Waals surface area (Å²) in [6.07, 6.45) is -7.53. The summed E-state index contributed by atoms with van der Waals surface area (Å²) in [7, 11) is 0. The van der Waals surface area contributed by atoms with Gasteiger partial charge in [-0.25, -0.2) is 0 Å². The number of anilines is 3. The maximum atomic E-state index is 12.7. The molecule has 0 bridgehead atoms. The molecule has 0 radical (unpaired) electrons. The normalized spacial score (nSPS) is 20.3. The van der Waals surface area contributed by atoms with Gasteiger partial charge >= 0.3 is 24.5 Å². The number of halogens is 9. The molecule has 6 heterocycles. The van der Waals surface area contributed by atoms with Gasteiger partial charge in [0.15, 0.2) is 18.1 Å². The highest BCUT2D eigenvalue weighted by Crippen LogP contribution is 2.35. The van der Waals surface area contributed by atoms with Crippen LogP contribution in [0.3, 0.4) is 0 Å². The predicted octanol–water partition coefficient (Wildman–Crippen LogP) is 5.85. The zero-order valence-electron chi connectivity index (χ0n) is 47.7. The van der Waals surface area contributed by atoms with Crippen LogP contribution in [0.25, 0.3) is 32.7 Å². The number of aliphatic carboxylic acids is 1. The minimum absolute atomic E-state index is 0. The third kappa shape index (κ3) is 18.7. The van der Waals surface area contributed by atoms with E-state index < -0.39 is 84.2 Å². The quantitative estimate of drug-likeness (QED) is 0.0680. The van der Waals surface area contributed by atoms with E-state index >= 15 is 0 Å². The van der Waals surface area contributed by atoms with Gasteiger partial charge in [-0.3, -0.25) is 43.7 Å². The van der Waals surface area contributed by atoms with E-state index in [9.17, 15) is 68.3 Å². The molecule has 9 rings (SSSR count). The molecule has 3 unspecified atom stereocenters. The number of aromatic nitrogens is 3. The summed E-state index contributed by atoms with van der Waals surface area (Å²) in [6.45, 7) is 9.79. The number of rotatable bonds is 11. The molecule has 3 aromatic carbocycles. The van der Waals surface area contributed by atoms with Gasteiger partial charge in [0.1, 0.15) is 0 Å². The van der Waals surface area contributed by atoms with Crippen LogP contribution in [0.1, 0.15) is 86.0 Å². The zero-order chi connectivity index (χ0) is 65.3. The third-order valence-electron chi connectivity index (χ3n) is 14.7. The van der Waals surface area contributed by atoms with Crippen LogP contribution in [0.2, 0.25) is 0 Å². The molecule has 3 aromatic heterocycles. The number of alkyl halides is 9. The number of piperidine rings is 3. The van der Waals surface area contributed by atoms with Crippen molar-refractivity contribution >= 4 is 85.3 Å². The van der Waals surface area contributed by atoms with E-state index in [-0.39, 0.29) is 43.9 Å². The fourth-order valence-electron chi connectivity index (χ4n) is 10.8. The standard InChI is InChI=1S/2C19H22F3N5O2.C16H20N4O.C3H4F3NO2.2CH4/c2*1-10-7-11(26-18(29)16(23)19(20,21)22)9-27(8-10)14-5-4-13(17(24)28)15-12(14)3-2-6-25-15;1-10-7-11(17)9-20(8-10)14-5-4-13(16(18)21)15-12(14)3-2-6-19-15;4-3(5,6)1(7)2(8)9;;/h2*2-6,10-11,16H,7-9,23H2,1H3,(H2,24,28)(H,26,29);2-6,10-11H,7-9,17H2,1H3,(H2,18,21);1H,7H2,(H,8,9);2*1H4/t2*10-,11+,16?;10-,11+;;;/m000.../s1. The maximum Gasteiger partial charge on any atom is 0.414 e. The first-order chi connectivity index (χ1) is 41.1. The van der Waals surface area contributed by atoms with Crippen molar-refractivity contribution in [1.82, 2.24) is 25.6 Å². The fraction of sp³-hybridized carbons (Fsp3) is 0.441. The number of hydrogen-bond acceptors (Lipinski definition) is 16. The lowest BCUT2D eigenvalue weighted by Gasteiger charge is -2.39. The second kappa shape index (κ2) is 30.7. The van der Waals surface area contributed by atoms with Gasteiger partial charge in [0.2, 0.25) is 11.8 Å². The minimum atomic E-state index is -4.84. The number of nitrogens with two attached hydrogens (primary N) is 7. The molecule has 0 saturated carbocycles. The number of carbonyl (C=O) groups excluding carboxylic acids is 5. The number of hydrogen-bond donors (Lipinski definition) is 10. The molecule has 3 aliphatic heterocycles. The Labute approximate surface area is 512 Å². The molecular weight excluding hydrogens is 1200 g/mol. The second-order valence-corrected chi connectivity index (χ2v) is 22.0. The number of nitrogens with zero attached hydrogens (tertiary/aromatic N) is 6. The molecule has 3 aliphatic rings. The van der Waals surface area contributed by atoms with E-state index in [4.69, 9.17) is 39.5 Å². The number of nitrogens with one attached hydrogen (secondary N) is 2. The van der Waals surface area contributed by atoms with Crippen molar-refractivity contribution in [2.75, 3.05) is 54.0 Å². The lowest BCUT2D eigenvalue weighted by molar-refractivity contribution is -0.174. The monoisotopic (exact) mass is 1280 g/mol. The second-order valence-electron chi connectivity index (χ2n) is 22.0. The summed E-state index contributed by atoms with van der Waals surface area (Å²) in [5, 5.41) is 14.9. The average molecular weight is 1280 g/mol. The van der Waals surface area contributed by atoms with Gasteiger partial charge < -0.3 is 70.6 Å². The Balaban J connectivity index is 0.000000269. The number of pyridine rings is 3. The first kappa shape index (κ1) is 73.8. The van der Waals surface area contributed by atoms with E-state index in [0.29, 0.717) is 77.8 Å². The van der Waals surface area contributed by atoms with Gasteiger partial charge in [-0.2, -0.15) is 39.5 Å². The molecule has 90 heavy (non-hydrogen) atoms. The molecule has 6 aromatic rings. The van der Waals surface area contributed by atoms with E-state index in [1.807, 2.05) is 41.8 Å². The van der Waals surface area contributed by atoms with Crippen molar-refractivity contribution in [3.8, 4) is 0 Å². The molecule has 3 saturated heterocycles. The molecule has 17 N–H and O–H groups in total. The topological polar surface area (TPSA) is 377 Å². The lowest BCUT2D eigenvalue weighted by atomic mass is 9.94. The zero-order valence-corrected chi connectivity index (χ0v) is 47.7. The van der Waals surface area contributed by atoms with Gasteiger partial charge in [0, 0.05) is 109 Å². The van der Waals surface area contributed by atoms with Crippen molar-refractivity contribution in [2.45, 2.75) is 110 Å². The van der Waals surface area contributed by atoms with E-state index in [1.54, 1.807) is 73.2 Å². The van der Waals surface area contributed by atoms with Crippen molar-refractivity contribution in [2.24, 2.45) is 57.9 Å². The number of carboxylic acids is 1. The Morgan fingerprint density at radius 2 is 0.767 bits per heavy atom. The van der Waals surface area contributed by atoms with Crippen LogP contribution in [0.15, 0.2) is 91.4 Å². The summed E-state index contributed by atoms with van der Waals surface area (Å²) in [4.78, 5) is 87.3. The smallest absolute Gasteiger partial charge is 0.414 e. The first-order valence-electron chi connectivity index (χ1n) is 27.4. The van der Waals surface area contributed by atoms with Crippen LogP contribution in [-0.2, 0) is 14.4 Å². The van der Waals surface area contributed by atoms with Gasteiger partial charge in [-0.05, 0) is 110 Å². The molecule has 22 nitrogen and oxygen atoms in total. The molecular formula is C59H76F9N15O7. The van der Waals surface area contributed by atoms with Gasteiger partial charge in [0.25, 0.3) is 17.7 Å². The average Bonchev–Trinajstić information content (AvgIpc) is 0.862. The number of primary amides is 3. The predicted molar refractivity (Wildman–Crippen MR) is 324 cm³/mol. The highest BCUT2D eigenvalue weighted by molar-refractivity contribution is 6.10. The van der Waals surface area contributed by atoms with Gasteiger partial charge in [-0.1, -0.05) is 35.6 Å². The molecule has 0 spiro atoms. The summed E-state index contributed by atoms with van der Waals surface area (Å²) in [6, 6.07) is 12.6. The molecule has 5 amide bonds. The number of carboxylic acid groups (broad SMARTS) is 1. The fourth-order valence-corrected chi connectivity index (χ4v) is 10.8. The number of amides is 5. The summed E-state index contributed by atoms with van der Waals surface area (Å²) in [5.41, 5.74) is 41.8. The molecule has 31 heteroatoms. The van der Waals surface area contributed by atoms with Crippen molar-refractivity contribution in [3.63, 3.8) is 0 Å². The Bertz CT molecular complexity index is 3350. The van der Waals surface area contributed by atoms with Crippen LogP contribution in [-0.4, -0.2) is 150 Å². The van der Waals surface area contributed by atoms with E-state index in [0.717, 1.165) is 42.0 Å². The Morgan fingerprint density at radius 1 is 0.478 bits per heavy atom. The maximum absolute atomic E-state index is 12.7. The molecule has 492 valence electrons. The van der Waals surface area contributed by atoms with Crippen LogP contribution < -0.4 is 65.5 Å². The minimum Gasteiger partial charge on any atom is -0.480 e. The van der Waals surface area contributed by atoms with E-state index in [2.05, 4.69) is 43.1 Å². The van der Waals surface area contributed by atoms with Gasteiger partial charge in [-0.15, -0.1) is 0 Å². The van der Waals surface area contributed by atoms with Crippen LogP contribution >= 0.6 is 0 Å². The Hall–Kier alpha value is -8.68. The largest absolute Gasteiger partial charge is 0.480 e. The van der Waals surface area contributed by atoms with Gasteiger partial charge in [0.05, 0.1) is 33.2 Å². The Kier molecular flexibility index (Phi) is 25.2. The SMILES string of the molecule is C.C.C[C@H]1C[C@@H](N)CN(c2ccc(C(N)=O)c3ncccc23)C1.C[C@H]1C[C@@H](NC(=O)C(N)C(F)(F)F)CN(c2ccc(C(N)=O)c3ncccc23)C1.C[C@H]1C[C@@H](NC(=O)C(N)C(F)(F)F)CN(c2ccc(C(N)=O)c3ncccc23)C1.NC(C(=O)O)C(F)(F)F. The summed E-state index contributed by atoms with van der Waals surface area (Å²) in [5.74, 6) is -5.43. The Morgan fingerprint density at radius 3 is 1.02 bits per heavy atom. The van der Waals surface area contributed by atoms with Crippen LogP contribution in [0, 0.1) is 17.8 Å². The van der Waals surface area contributed by atoms with Crippen molar-refractivity contribution in [1.29, 1.82) is 0 Å². The van der Waals surface area contributed by atoms with Crippen LogP contribution in [0.4, 0.5) is 56.6 Å². The highest BCUT2D eigenvalue weighted by Gasteiger charge is 2.45. The first-order valence-corrected chi connectivity index (χ1v) is 27.4. The summed E-state index contributed by atoms with van der Waals surface area (Å²) < 4.78 is 110. The molecule has 3 fully saturated rings. The van der Waals surface area contributed by atoms with E-state index in [1.165, 1.54) is 0 Å². The number of carbonyl (C=O) groups is 6. The summed E-state index contributed by atoms with van der Waals surface area (Å²) >= 11 is 0. The number of benzene rings is 3. The lowest BCUT2D eigenvalue weighted by Crippen LogP contribution is -2.57. The highest BCUT2D eigenvalue weighted by atomic mass is 19.4. The molecule has 0 aliphatic carbocycles. The van der Waals surface area contributed by atoms with Crippen molar-refractivity contribution in [3.05, 3.63) is 108 Å². The number of fused-ring (bicyclic) bond motifs is 3. The van der Waals surface area contributed by atoms with Crippen LogP contribution in [0.5, 0.6) is 0 Å². The molecule has 9 atom stereocenters. The van der Waals surface area contributed by atoms with Crippen molar-refractivity contribution < 1.29 is 73.4 Å². The third-order valence-corrected chi connectivity index (χ3v) is 14.7.